The third kappa shape index (κ3) is 5.88. The van der Waals surface area contributed by atoms with Crippen LogP contribution in [0.5, 0.6) is 11.5 Å². The van der Waals surface area contributed by atoms with Gasteiger partial charge in [0.05, 0.1) is 36.7 Å². The molecule has 1 saturated heterocycles. The molecule has 11 heteroatoms. The number of halogens is 1. The molecule has 0 spiro atoms. The van der Waals surface area contributed by atoms with Crippen LogP contribution in [0.3, 0.4) is 0 Å². The first kappa shape index (κ1) is 26.1. The summed E-state index contributed by atoms with van der Waals surface area (Å²) < 4.78 is 16.4. The summed E-state index contributed by atoms with van der Waals surface area (Å²) in [5.41, 5.74) is 0.738. The van der Waals surface area contributed by atoms with E-state index in [2.05, 4.69) is 30.8 Å². The molecule has 0 bridgehead atoms. The Morgan fingerprint density at radius 3 is 2.83 bits per heavy atom. The zero-order valence-corrected chi connectivity index (χ0v) is 22.2. The Hall–Kier alpha value is -2.95. The van der Waals surface area contributed by atoms with E-state index in [0.717, 1.165) is 41.4 Å². The fraction of sp³-hybridized carbons (Fsp3) is 0.520. The van der Waals surface area contributed by atoms with Gasteiger partial charge in [-0.1, -0.05) is 17.7 Å². The Morgan fingerprint density at radius 2 is 2.11 bits per heavy atom. The van der Waals surface area contributed by atoms with E-state index in [9.17, 15) is 4.79 Å². The van der Waals surface area contributed by atoms with Crippen molar-refractivity contribution in [2.24, 2.45) is 4.99 Å². The molecule has 2 aliphatic rings. The van der Waals surface area contributed by atoms with Gasteiger partial charge in [0.15, 0.2) is 0 Å². The topological polar surface area (TPSA) is 112 Å². The molecule has 4 N–H and O–H groups in total. The van der Waals surface area contributed by atoms with E-state index in [4.69, 9.17) is 25.8 Å². The third-order valence-electron chi connectivity index (χ3n) is 6.32. The van der Waals surface area contributed by atoms with Gasteiger partial charge >= 0.3 is 6.09 Å². The molecule has 1 amide bonds. The number of methoxy groups -OCH3 is 2. The number of aromatic amines is 1. The molecule has 0 radical (unpaired) electrons. The Bertz CT molecular complexity index is 1110. The second kappa shape index (κ2) is 10.6. The van der Waals surface area contributed by atoms with Gasteiger partial charge in [0.2, 0.25) is 0 Å². The lowest BCUT2D eigenvalue weighted by molar-refractivity contribution is 0.0453. The highest BCUT2D eigenvalue weighted by atomic mass is 35.5. The number of nitrogens with one attached hydrogen (secondary N) is 4. The zero-order valence-electron chi connectivity index (χ0n) is 21.4. The Morgan fingerprint density at radius 1 is 1.31 bits per heavy atom. The van der Waals surface area contributed by atoms with E-state index in [0.29, 0.717) is 24.7 Å². The van der Waals surface area contributed by atoms with Crippen LogP contribution >= 0.6 is 11.6 Å². The second-order valence-electron chi connectivity index (χ2n) is 10.1. The minimum atomic E-state index is -0.597. The van der Waals surface area contributed by atoms with Crippen LogP contribution in [0.1, 0.15) is 44.5 Å². The number of carbonyl (C=O) groups excluding carboxylic acids is 1. The number of aliphatic imine (C=N–C) groups is 1. The van der Waals surface area contributed by atoms with Crippen LogP contribution in [0.4, 0.5) is 10.6 Å². The summed E-state index contributed by atoms with van der Waals surface area (Å²) in [7, 11) is 3.26. The Balaban J connectivity index is 1.50. The second-order valence-corrected chi connectivity index (χ2v) is 10.5. The van der Waals surface area contributed by atoms with Crippen molar-refractivity contribution in [3.05, 3.63) is 40.5 Å². The number of alkyl carbamates (subject to hydrolysis) is 1. The fourth-order valence-corrected chi connectivity index (χ4v) is 4.91. The standard InChI is InChI=1S/C25H35ClN6O4/c1-24(2,3)36-23(33)31-25(13-27-11-16-6-7-17(34-4)10-19(16)35-5)8-9-32(14-25)22-20-18(26)12-28-21(20)29-15-30-22/h6-7,10,12,15,22,27-28H,8-9,11,13-14H2,1-5H3,(H,29,30)(H,31,33)/t22-,25+/m1/s1. The molecule has 2 atom stereocenters. The number of amides is 1. The van der Waals surface area contributed by atoms with Gasteiger partial charge in [-0.2, -0.15) is 0 Å². The number of ether oxygens (including phenoxy) is 3. The van der Waals surface area contributed by atoms with Crippen molar-refractivity contribution in [1.29, 1.82) is 0 Å². The molecule has 10 nitrogen and oxygen atoms in total. The van der Waals surface area contributed by atoms with Crippen LogP contribution in [0.15, 0.2) is 29.4 Å². The summed E-state index contributed by atoms with van der Waals surface area (Å²) in [5, 5.41) is 10.4. The molecule has 3 heterocycles. The van der Waals surface area contributed by atoms with E-state index in [1.165, 1.54) is 0 Å². The van der Waals surface area contributed by atoms with Gasteiger partial charge in [0, 0.05) is 44.0 Å². The minimum absolute atomic E-state index is 0.246. The van der Waals surface area contributed by atoms with E-state index in [1.54, 1.807) is 26.8 Å². The number of rotatable bonds is 8. The number of hydrogen-bond donors (Lipinski definition) is 4. The molecule has 1 aromatic heterocycles. The maximum atomic E-state index is 12.8. The van der Waals surface area contributed by atoms with E-state index < -0.39 is 17.2 Å². The molecule has 196 valence electrons. The summed E-state index contributed by atoms with van der Waals surface area (Å²) in [4.78, 5) is 22.9. The Kier molecular flexibility index (Phi) is 7.67. The van der Waals surface area contributed by atoms with Crippen molar-refractivity contribution >= 4 is 29.9 Å². The average Bonchev–Trinajstić information content (AvgIpc) is 3.42. The predicted octanol–water partition coefficient (Wildman–Crippen LogP) is 3.90. The number of H-pyrrole nitrogens is 1. The molecule has 0 aliphatic carbocycles. The van der Waals surface area contributed by atoms with E-state index in [-0.39, 0.29) is 6.17 Å². The lowest BCUT2D eigenvalue weighted by Crippen LogP contribution is -2.57. The third-order valence-corrected chi connectivity index (χ3v) is 6.63. The van der Waals surface area contributed by atoms with Gasteiger partial charge < -0.3 is 35.1 Å². The molecule has 1 aromatic carbocycles. The van der Waals surface area contributed by atoms with Gasteiger partial charge in [-0.05, 0) is 33.3 Å². The summed E-state index contributed by atoms with van der Waals surface area (Å²) in [6.07, 6.45) is 3.46. The summed E-state index contributed by atoms with van der Waals surface area (Å²) >= 11 is 6.47. The van der Waals surface area contributed by atoms with Crippen molar-refractivity contribution < 1.29 is 19.0 Å². The molecular formula is C25H35ClN6O4. The van der Waals surface area contributed by atoms with E-state index >= 15 is 0 Å². The maximum absolute atomic E-state index is 12.8. The minimum Gasteiger partial charge on any atom is -0.497 e. The number of carbonyl (C=O) groups is 1. The average molecular weight is 519 g/mol. The lowest BCUT2D eigenvalue weighted by Gasteiger charge is -2.34. The normalized spacial score (nSPS) is 21.6. The highest BCUT2D eigenvalue weighted by molar-refractivity contribution is 6.32. The number of nitrogens with zero attached hydrogens (tertiary/aromatic N) is 2. The molecule has 2 aliphatic heterocycles. The van der Waals surface area contributed by atoms with Crippen LogP contribution in [0.25, 0.3) is 0 Å². The van der Waals surface area contributed by atoms with Crippen molar-refractivity contribution in [1.82, 2.24) is 20.5 Å². The molecular weight excluding hydrogens is 484 g/mol. The largest absolute Gasteiger partial charge is 0.497 e. The monoisotopic (exact) mass is 518 g/mol. The quantitative estimate of drug-likeness (QED) is 0.419. The first-order valence-corrected chi connectivity index (χ1v) is 12.3. The summed E-state index contributed by atoms with van der Waals surface area (Å²) in [6.45, 7) is 7.95. The summed E-state index contributed by atoms with van der Waals surface area (Å²) in [5.74, 6) is 2.31. The molecule has 0 saturated carbocycles. The van der Waals surface area contributed by atoms with E-state index in [1.807, 2.05) is 39.0 Å². The zero-order chi connectivity index (χ0) is 25.9. The van der Waals surface area contributed by atoms with Gasteiger partial charge in [0.25, 0.3) is 0 Å². The number of benzene rings is 1. The molecule has 1 fully saturated rings. The molecule has 2 aromatic rings. The van der Waals surface area contributed by atoms with Gasteiger partial charge in [-0.3, -0.25) is 9.89 Å². The number of aromatic nitrogens is 1. The first-order chi connectivity index (χ1) is 17.1. The lowest BCUT2D eigenvalue weighted by atomic mass is 9.98. The van der Waals surface area contributed by atoms with Crippen LogP contribution in [0, 0.1) is 0 Å². The van der Waals surface area contributed by atoms with Crippen LogP contribution in [0.2, 0.25) is 5.02 Å². The van der Waals surface area contributed by atoms with Crippen molar-refractivity contribution in [3.8, 4) is 11.5 Å². The Labute approximate surface area is 216 Å². The number of likely N-dealkylation sites (tertiary alicyclic amines) is 1. The first-order valence-electron chi connectivity index (χ1n) is 11.9. The van der Waals surface area contributed by atoms with Crippen molar-refractivity contribution in [2.45, 2.75) is 51.0 Å². The van der Waals surface area contributed by atoms with Crippen LogP contribution in [-0.2, 0) is 11.3 Å². The van der Waals surface area contributed by atoms with Crippen LogP contribution < -0.4 is 25.4 Å². The van der Waals surface area contributed by atoms with Gasteiger partial charge in [0.1, 0.15) is 29.1 Å². The highest BCUT2D eigenvalue weighted by Gasteiger charge is 2.44. The van der Waals surface area contributed by atoms with Crippen molar-refractivity contribution in [2.75, 3.05) is 39.2 Å². The molecule has 4 rings (SSSR count). The smallest absolute Gasteiger partial charge is 0.408 e. The fourth-order valence-electron chi connectivity index (χ4n) is 4.66. The summed E-state index contributed by atoms with van der Waals surface area (Å²) in [6, 6.07) is 5.73. The number of anilines is 1. The van der Waals surface area contributed by atoms with Crippen LogP contribution in [-0.4, -0.2) is 67.3 Å². The van der Waals surface area contributed by atoms with Gasteiger partial charge in [-0.25, -0.2) is 4.79 Å². The van der Waals surface area contributed by atoms with Crippen molar-refractivity contribution in [3.63, 3.8) is 0 Å². The number of hydrogen-bond acceptors (Lipinski definition) is 8. The number of fused-ring (bicyclic) bond motifs is 1. The van der Waals surface area contributed by atoms with Gasteiger partial charge in [-0.15, -0.1) is 0 Å². The SMILES string of the molecule is COc1ccc(CNC[C@@]2(NC(=O)OC(C)(C)C)CCN([C@H]3N=CNc4[nH]cc(Cl)c43)C2)c(OC)c1. The highest BCUT2D eigenvalue weighted by Crippen LogP contribution is 2.39. The molecule has 0 unspecified atom stereocenters. The maximum Gasteiger partial charge on any atom is 0.408 e. The molecule has 36 heavy (non-hydrogen) atoms. The predicted molar refractivity (Wildman–Crippen MR) is 140 cm³/mol.